The molecule has 6 nitrogen and oxygen atoms in total. The third kappa shape index (κ3) is 3.77. The maximum absolute atomic E-state index is 13.3. The predicted molar refractivity (Wildman–Crippen MR) is 98.3 cm³/mol. The molecule has 2 aromatic heterocycles. The van der Waals surface area contributed by atoms with Gasteiger partial charge in [-0.25, -0.2) is 13.8 Å². The van der Waals surface area contributed by atoms with Crippen molar-refractivity contribution in [3.05, 3.63) is 96.3 Å². The molecule has 0 bridgehead atoms. The summed E-state index contributed by atoms with van der Waals surface area (Å²) in [5.74, 6) is -0.665. The molecular formula is C20H16FN5O. The number of halogens is 1. The molecule has 0 spiro atoms. The Labute approximate surface area is 154 Å². The molecule has 0 radical (unpaired) electrons. The van der Waals surface area contributed by atoms with Gasteiger partial charge in [0, 0.05) is 24.5 Å². The van der Waals surface area contributed by atoms with E-state index >= 15 is 0 Å². The molecule has 0 saturated carbocycles. The van der Waals surface area contributed by atoms with Crippen molar-refractivity contribution in [2.45, 2.75) is 6.54 Å². The Morgan fingerprint density at radius 3 is 2.63 bits per heavy atom. The van der Waals surface area contributed by atoms with Gasteiger partial charge in [0.25, 0.3) is 5.91 Å². The lowest BCUT2D eigenvalue weighted by atomic mass is 10.3. The van der Waals surface area contributed by atoms with Crippen molar-refractivity contribution in [2.75, 3.05) is 0 Å². The number of carbonyl (C=O) groups is 1. The lowest BCUT2D eigenvalue weighted by Gasteiger charge is -2.02. The molecule has 1 N–H and O–H groups in total. The highest BCUT2D eigenvalue weighted by Crippen LogP contribution is 2.10. The van der Waals surface area contributed by atoms with Crippen LogP contribution in [-0.4, -0.2) is 25.5 Å². The smallest absolute Gasteiger partial charge is 0.272 e. The molecule has 4 rings (SSSR count). The molecule has 4 aromatic rings. The van der Waals surface area contributed by atoms with E-state index < -0.39 is 0 Å². The fourth-order valence-corrected chi connectivity index (χ4v) is 2.65. The largest absolute Gasteiger partial charge is 0.346 e. The van der Waals surface area contributed by atoms with Crippen LogP contribution < -0.4 is 5.32 Å². The van der Waals surface area contributed by atoms with Gasteiger partial charge in [-0.1, -0.05) is 24.3 Å². The first-order chi connectivity index (χ1) is 13.2. The van der Waals surface area contributed by atoms with Crippen LogP contribution in [0.15, 0.2) is 79.3 Å². The first kappa shape index (κ1) is 16.7. The van der Waals surface area contributed by atoms with Crippen molar-refractivity contribution in [1.29, 1.82) is 0 Å². The highest BCUT2D eigenvalue weighted by atomic mass is 19.1. The molecule has 1 amide bonds. The molecule has 7 heteroatoms. The molecule has 0 fully saturated rings. The van der Waals surface area contributed by atoms with Crippen LogP contribution in [0.2, 0.25) is 0 Å². The second-order valence-corrected chi connectivity index (χ2v) is 5.94. The zero-order valence-corrected chi connectivity index (χ0v) is 14.3. The zero-order chi connectivity index (χ0) is 18.6. The van der Waals surface area contributed by atoms with Crippen LogP contribution >= 0.6 is 0 Å². The van der Waals surface area contributed by atoms with E-state index in [1.807, 2.05) is 36.5 Å². The van der Waals surface area contributed by atoms with Crippen molar-refractivity contribution < 1.29 is 9.18 Å². The Morgan fingerprint density at radius 1 is 1.00 bits per heavy atom. The maximum Gasteiger partial charge on any atom is 0.272 e. The Morgan fingerprint density at radius 2 is 1.81 bits per heavy atom. The quantitative estimate of drug-likeness (QED) is 0.594. The number of rotatable bonds is 5. The Hall–Kier alpha value is -3.74. The van der Waals surface area contributed by atoms with Crippen molar-refractivity contribution in [3.8, 4) is 11.4 Å². The fourth-order valence-electron chi connectivity index (χ4n) is 2.65. The van der Waals surface area contributed by atoms with Crippen molar-refractivity contribution in [3.63, 3.8) is 0 Å². The summed E-state index contributed by atoms with van der Waals surface area (Å²) in [4.78, 5) is 12.3. The lowest BCUT2D eigenvalue weighted by molar-refractivity contribution is 0.0945. The second kappa shape index (κ2) is 7.25. The summed E-state index contributed by atoms with van der Waals surface area (Å²) in [7, 11) is 0. The monoisotopic (exact) mass is 361 g/mol. The summed E-state index contributed by atoms with van der Waals surface area (Å²) in [6.07, 6.45) is 5.19. The summed E-state index contributed by atoms with van der Waals surface area (Å²) in [5.41, 5.74) is 2.63. The number of aromatic nitrogens is 4. The number of hydrogen-bond acceptors (Lipinski definition) is 3. The van der Waals surface area contributed by atoms with Crippen LogP contribution in [0.1, 0.15) is 16.1 Å². The van der Waals surface area contributed by atoms with E-state index in [4.69, 9.17) is 0 Å². The summed E-state index contributed by atoms with van der Waals surface area (Å²) in [6.45, 7) is 0.332. The van der Waals surface area contributed by atoms with E-state index in [2.05, 4.69) is 15.5 Å². The summed E-state index contributed by atoms with van der Waals surface area (Å²) in [5, 5.41) is 11.3. The number of amides is 1. The molecule has 2 heterocycles. The number of para-hydroxylation sites is 1. The predicted octanol–water partition coefficient (Wildman–Crippen LogP) is 3.13. The van der Waals surface area contributed by atoms with Gasteiger partial charge in [-0.15, -0.1) is 0 Å². The van der Waals surface area contributed by atoms with Crippen LogP contribution in [-0.2, 0) is 6.54 Å². The van der Waals surface area contributed by atoms with Crippen LogP contribution in [0, 0.1) is 5.82 Å². The van der Waals surface area contributed by atoms with Gasteiger partial charge < -0.3 is 5.32 Å². The molecule has 0 aliphatic carbocycles. The van der Waals surface area contributed by atoms with E-state index in [0.29, 0.717) is 12.2 Å². The van der Waals surface area contributed by atoms with Crippen LogP contribution in [0.3, 0.4) is 0 Å². The fraction of sp³-hybridized carbons (Fsp3) is 0.0500. The molecule has 0 saturated heterocycles. The van der Waals surface area contributed by atoms with E-state index in [1.54, 1.807) is 35.3 Å². The summed E-state index contributed by atoms with van der Waals surface area (Å²) < 4.78 is 16.5. The molecule has 0 aliphatic heterocycles. The third-order valence-electron chi connectivity index (χ3n) is 4.00. The zero-order valence-electron chi connectivity index (χ0n) is 14.3. The van der Waals surface area contributed by atoms with Crippen LogP contribution in [0.5, 0.6) is 0 Å². The minimum atomic E-state index is -0.357. The summed E-state index contributed by atoms with van der Waals surface area (Å²) in [6, 6.07) is 17.3. The van der Waals surface area contributed by atoms with Crippen LogP contribution in [0.4, 0.5) is 4.39 Å². The topological polar surface area (TPSA) is 64.7 Å². The molecular weight excluding hydrogens is 345 g/mol. The average Bonchev–Trinajstić information content (AvgIpc) is 3.37. The van der Waals surface area contributed by atoms with E-state index in [1.165, 1.54) is 16.8 Å². The first-order valence-electron chi connectivity index (χ1n) is 8.38. The molecule has 0 aliphatic rings. The SMILES string of the molecule is O=C(NCc1cnn(-c2ccccc2)c1)c1ccn(-c2cccc(F)c2)n1. The minimum absolute atomic E-state index is 0.259. The highest BCUT2D eigenvalue weighted by molar-refractivity contribution is 5.92. The van der Waals surface area contributed by atoms with Gasteiger partial charge in [-0.3, -0.25) is 4.79 Å². The van der Waals surface area contributed by atoms with Gasteiger partial charge in [-0.2, -0.15) is 10.2 Å². The van der Waals surface area contributed by atoms with Gasteiger partial charge in [0.1, 0.15) is 5.82 Å². The Balaban J connectivity index is 1.41. The molecule has 2 aromatic carbocycles. The number of carbonyl (C=O) groups excluding carboxylic acids is 1. The van der Waals surface area contributed by atoms with Gasteiger partial charge >= 0.3 is 0 Å². The molecule has 0 atom stereocenters. The number of nitrogens with one attached hydrogen (secondary N) is 1. The van der Waals surface area contributed by atoms with Gasteiger partial charge in [0.2, 0.25) is 0 Å². The van der Waals surface area contributed by atoms with Gasteiger partial charge in [-0.05, 0) is 36.4 Å². The first-order valence-corrected chi connectivity index (χ1v) is 8.38. The van der Waals surface area contributed by atoms with Gasteiger partial charge in [0.15, 0.2) is 5.69 Å². The maximum atomic E-state index is 13.3. The summed E-state index contributed by atoms with van der Waals surface area (Å²) >= 11 is 0. The van der Waals surface area contributed by atoms with Crippen molar-refractivity contribution >= 4 is 5.91 Å². The normalized spacial score (nSPS) is 10.7. The standard InChI is InChI=1S/C20H16FN5O/c21-16-5-4-8-18(11-16)25-10-9-19(24-25)20(27)22-12-15-13-23-26(14-15)17-6-2-1-3-7-17/h1-11,13-14H,12H2,(H,22,27). The van der Waals surface area contributed by atoms with E-state index in [0.717, 1.165) is 11.3 Å². The van der Waals surface area contributed by atoms with Crippen molar-refractivity contribution in [1.82, 2.24) is 24.9 Å². The van der Waals surface area contributed by atoms with E-state index in [9.17, 15) is 9.18 Å². The van der Waals surface area contributed by atoms with Crippen LogP contribution in [0.25, 0.3) is 11.4 Å². The minimum Gasteiger partial charge on any atom is -0.346 e. The van der Waals surface area contributed by atoms with Crippen molar-refractivity contribution in [2.24, 2.45) is 0 Å². The second-order valence-electron chi connectivity index (χ2n) is 5.94. The molecule has 0 unspecified atom stereocenters. The highest BCUT2D eigenvalue weighted by Gasteiger charge is 2.11. The molecule has 27 heavy (non-hydrogen) atoms. The average molecular weight is 361 g/mol. The Kier molecular flexibility index (Phi) is 4.49. The third-order valence-corrected chi connectivity index (χ3v) is 4.00. The van der Waals surface area contributed by atoms with Gasteiger partial charge in [0.05, 0.1) is 17.6 Å². The number of benzene rings is 2. The number of nitrogens with zero attached hydrogens (tertiary/aromatic N) is 4. The molecule has 134 valence electrons. The lowest BCUT2D eigenvalue weighted by Crippen LogP contribution is -2.23. The Bertz CT molecular complexity index is 1070. The number of hydrogen-bond donors (Lipinski definition) is 1. The van der Waals surface area contributed by atoms with E-state index in [-0.39, 0.29) is 17.4 Å².